The topological polar surface area (TPSA) is 49.3 Å². The van der Waals surface area contributed by atoms with Crippen LogP contribution >= 0.6 is 11.8 Å². The summed E-state index contributed by atoms with van der Waals surface area (Å²) in [7, 11) is 0. The molecular formula is C10H21NO2S. The minimum absolute atomic E-state index is 0.0231. The van der Waals surface area contributed by atoms with Gasteiger partial charge < -0.3 is 10.4 Å². The Hall–Kier alpha value is -0.220. The van der Waals surface area contributed by atoms with Crippen LogP contribution in [-0.2, 0) is 4.79 Å². The second-order valence-corrected chi connectivity index (χ2v) is 5.92. The van der Waals surface area contributed by atoms with Crippen molar-refractivity contribution in [2.75, 3.05) is 5.75 Å². The molecule has 0 spiro atoms. The number of nitrogens with one attached hydrogen (secondary N) is 1. The van der Waals surface area contributed by atoms with Crippen molar-refractivity contribution in [1.82, 2.24) is 5.32 Å². The number of hydrogen-bond acceptors (Lipinski definition) is 3. The summed E-state index contributed by atoms with van der Waals surface area (Å²) < 4.78 is 0. The molecule has 0 rings (SSSR count). The summed E-state index contributed by atoms with van der Waals surface area (Å²) in [6.45, 7) is 9.51. The van der Waals surface area contributed by atoms with E-state index in [1.165, 1.54) is 11.8 Å². The first-order chi connectivity index (χ1) is 6.22. The number of carbonyl (C=O) groups excluding carboxylic acids is 1. The molecule has 0 bridgehead atoms. The summed E-state index contributed by atoms with van der Waals surface area (Å²) in [4.78, 5) is 11.4. The molecule has 2 N–H and O–H groups in total. The third-order valence-electron chi connectivity index (χ3n) is 1.67. The fraction of sp³-hybridized carbons (Fsp3) is 0.900. The molecule has 4 heteroatoms. The van der Waals surface area contributed by atoms with Crippen molar-refractivity contribution in [1.29, 1.82) is 0 Å². The number of thioether (sulfide) groups is 1. The van der Waals surface area contributed by atoms with E-state index in [2.05, 4.69) is 5.32 Å². The molecule has 0 aliphatic heterocycles. The van der Waals surface area contributed by atoms with Gasteiger partial charge >= 0.3 is 0 Å². The molecule has 2 unspecified atom stereocenters. The van der Waals surface area contributed by atoms with Crippen molar-refractivity contribution in [2.24, 2.45) is 0 Å². The van der Waals surface area contributed by atoms with Gasteiger partial charge in [0.15, 0.2) is 0 Å². The molecule has 0 aromatic heterocycles. The van der Waals surface area contributed by atoms with E-state index in [4.69, 9.17) is 0 Å². The molecule has 0 aromatic carbocycles. The van der Waals surface area contributed by atoms with E-state index in [0.29, 0.717) is 5.75 Å². The van der Waals surface area contributed by atoms with E-state index < -0.39 is 0 Å². The van der Waals surface area contributed by atoms with Crippen LogP contribution < -0.4 is 5.32 Å². The minimum atomic E-state index is -0.373. The van der Waals surface area contributed by atoms with Crippen molar-refractivity contribution >= 4 is 17.7 Å². The third kappa shape index (κ3) is 7.21. The van der Waals surface area contributed by atoms with Gasteiger partial charge in [-0.3, -0.25) is 4.79 Å². The minimum Gasteiger partial charge on any atom is -0.392 e. The molecule has 1 amide bonds. The number of hydrogen-bond donors (Lipinski definition) is 2. The van der Waals surface area contributed by atoms with E-state index >= 15 is 0 Å². The van der Waals surface area contributed by atoms with Crippen molar-refractivity contribution < 1.29 is 9.90 Å². The molecule has 0 aliphatic carbocycles. The zero-order valence-electron chi connectivity index (χ0n) is 9.63. The zero-order chi connectivity index (χ0) is 11.4. The molecule has 0 saturated carbocycles. The van der Waals surface area contributed by atoms with Gasteiger partial charge in [0, 0.05) is 10.8 Å². The summed E-state index contributed by atoms with van der Waals surface area (Å²) in [5.41, 5.74) is -0.175. The Morgan fingerprint density at radius 1 is 1.43 bits per heavy atom. The van der Waals surface area contributed by atoms with Gasteiger partial charge in [-0.05, 0) is 27.7 Å². The average Bonchev–Trinajstić information content (AvgIpc) is 1.96. The van der Waals surface area contributed by atoms with Gasteiger partial charge in [0.1, 0.15) is 0 Å². The number of rotatable bonds is 4. The molecule has 0 aromatic rings. The Morgan fingerprint density at radius 3 is 2.29 bits per heavy atom. The second-order valence-electron chi connectivity index (χ2n) is 4.55. The normalized spacial score (nSPS) is 16.1. The standard InChI is InChI=1S/C10H21NO2S/c1-7(12)8(2)14-6-9(13)11-10(3,4)5/h7-8,12H,6H2,1-5H3,(H,11,13). The highest BCUT2D eigenvalue weighted by Gasteiger charge is 2.16. The van der Waals surface area contributed by atoms with Gasteiger partial charge in [0.2, 0.25) is 5.91 Å². The van der Waals surface area contributed by atoms with Gasteiger partial charge in [-0.1, -0.05) is 6.92 Å². The van der Waals surface area contributed by atoms with Crippen molar-refractivity contribution in [3.8, 4) is 0 Å². The molecule has 0 aliphatic rings. The Morgan fingerprint density at radius 2 is 1.93 bits per heavy atom. The maximum Gasteiger partial charge on any atom is 0.230 e. The van der Waals surface area contributed by atoms with E-state index in [-0.39, 0.29) is 22.8 Å². The van der Waals surface area contributed by atoms with Crippen LogP contribution in [0, 0.1) is 0 Å². The molecule has 0 heterocycles. The fourth-order valence-corrected chi connectivity index (χ4v) is 1.57. The van der Waals surface area contributed by atoms with Crippen LogP contribution in [0.25, 0.3) is 0 Å². The number of aliphatic hydroxyl groups is 1. The van der Waals surface area contributed by atoms with Gasteiger partial charge in [0.05, 0.1) is 11.9 Å². The van der Waals surface area contributed by atoms with Crippen molar-refractivity contribution in [3.63, 3.8) is 0 Å². The predicted molar refractivity (Wildman–Crippen MR) is 61.5 cm³/mol. The molecule has 0 saturated heterocycles. The average molecular weight is 219 g/mol. The van der Waals surface area contributed by atoms with Crippen LogP contribution in [0.15, 0.2) is 0 Å². The van der Waals surface area contributed by atoms with E-state index in [1.54, 1.807) is 6.92 Å². The van der Waals surface area contributed by atoms with Crippen LogP contribution in [0.1, 0.15) is 34.6 Å². The molecule has 84 valence electrons. The van der Waals surface area contributed by atoms with Crippen molar-refractivity contribution in [2.45, 2.75) is 51.5 Å². The van der Waals surface area contributed by atoms with Gasteiger partial charge in [-0.2, -0.15) is 0 Å². The first kappa shape index (κ1) is 13.8. The van der Waals surface area contributed by atoms with E-state index in [0.717, 1.165) is 0 Å². The van der Waals surface area contributed by atoms with Crippen LogP contribution in [0.5, 0.6) is 0 Å². The molecule has 14 heavy (non-hydrogen) atoms. The lowest BCUT2D eigenvalue weighted by Gasteiger charge is -2.21. The summed E-state index contributed by atoms with van der Waals surface area (Å²) >= 11 is 1.47. The van der Waals surface area contributed by atoms with Gasteiger partial charge in [-0.15, -0.1) is 11.8 Å². The van der Waals surface area contributed by atoms with E-state index in [1.807, 2.05) is 27.7 Å². The predicted octanol–water partition coefficient (Wildman–Crippen LogP) is 1.40. The summed E-state index contributed by atoms with van der Waals surface area (Å²) in [5.74, 6) is 0.429. The van der Waals surface area contributed by atoms with Crippen LogP contribution in [-0.4, -0.2) is 33.7 Å². The molecular weight excluding hydrogens is 198 g/mol. The molecule has 3 nitrogen and oxygen atoms in total. The van der Waals surface area contributed by atoms with Crippen LogP contribution in [0.2, 0.25) is 0 Å². The largest absolute Gasteiger partial charge is 0.392 e. The summed E-state index contributed by atoms with van der Waals surface area (Å²) in [6, 6.07) is 0. The lowest BCUT2D eigenvalue weighted by molar-refractivity contribution is -0.119. The third-order valence-corrected chi connectivity index (χ3v) is 3.02. The SMILES string of the molecule is CC(O)C(C)SCC(=O)NC(C)(C)C. The maximum absolute atomic E-state index is 11.4. The van der Waals surface area contributed by atoms with Gasteiger partial charge in [-0.25, -0.2) is 0 Å². The highest BCUT2D eigenvalue weighted by Crippen LogP contribution is 2.13. The summed E-state index contributed by atoms with van der Waals surface area (Å²) in [6.07, 6.45) is -0.373. The monoisotopic (exact) mass is 219 g/mol. The van der Waals surface area contributed by atoms with Crippen molar-refractivity contribution in [3.05, 3.63) is 0 Å². The highest BCUT2D eigenvalue weighted by atomic mass is 32.2. The lowest BCUT2D eigenvalue weighted by Crippen LogP contribution is -2.41. The smallest absolute Gasteiger partial charge is 0.230 e. The lowest BCUT2D eigenvalue weighted by atomic mass is 10.1. The molecule has 0 radical (unpaired) electrons. The molecule has 2 atom stereocenters. The highest BCUT2D eigenvalue weighted by molar-refractivity contribution is 8.00. The summed E-state index contributed by atoms with van der Waals surface area (Å²) in [5, 5.41) is 12.2. The second kappa shape index (κ2) is 5.61. The number of carbonyl (C=O) groups is 1. The molecule has 0 fully saturated rings. The maximum atomic E-state index is 11.4. The number of amides is 1. The first-order valence-corrected chi connectivity index (χ1v) is 5.88. The Labute approximate surface area is 90.7 Å². The van der Waals surface area contributed by atoms with Gasteiger partial charge in [0.25, 0.3) is 0 Å². The first-order valence-electron chi connectivity index (χ1n) is 4.83. The Kier molecular flexibility index (Phi) is 5.52. The quantitative estimate of drug-likeness (QED) is 0.751. The zero-order valence-corrected chi connectivity index (χ0v) is 10.4. The Balaban J connectivity index is 3.75. The Bertz CT molecular complexity index is 187. The van der Waals surface area contributed by atoms with E-state index in [9.17, 15) is 9.90 Å². The van der Waals surface area contributed by atoms with Crippen LogP contribution in [0.4, 0.5) is 0 Å². The number of aliphatic hydroxyl groups excluding tert-OH is 1. The fourth-order valence-electron chi connectivity index (χ4n) is 0.801. The van der Waals surface area contributed by atoms with Crippen LogP contribution in [0.3, 0.4) is 0 Å².